The molecule has 0 fully saturated rings. The molecule has 0 spiro atoms. The number of hydrogen-bond donors (Lipinski definition) is 2. The second kappa shape index (κ2) is 2.34. The lowest BCUT2D eigenvalue weighted by molar-refractivity contribution is -0.465. The van der Waals surface area contributed by atoms with Gasteiger partial charge in [0.05, 0.1) is 0 Å². The van der Waals surface area contributed by atoms with E-state index in [-0.39, 0.29) is 16.3 Å². The molecule has 0 unspecified atom stereocenters. The van der Waals surface area contributed by atoms with E-state index in [1.54, 1.807) is 0 Å². The first-order valence-corrected chi connectivity index (χ1v) is 2.67. The van der Waals surface area contributed by atoms with Gasteiger partial charge in [0.25, 0.3) is 0 Å². The van der Waals surface area contributed by atoms with E-state index in [1.165, 1.54) is 24.3 Å². The molecule has 0 saturated carbocycles. The van der Waals surface area contributed by atoms with Crippen molar-refractivity contribution in [3.05, 3.63) is 29.5 Å². The van der Waals surface area contributed by atoms with Gasteiger partial charge in [-0.3, -0.25) is 0 Å². The van der Waals surface area contributed by atoms with Gasteiger partial charge in [0.1, 0.15) is 5.75 Å². The predicted octanol–water partition coefficient (Wildman–Crippen LogP) is 1.56. The van der Waals surface area contributed by atoms with Crippen LogP contribution in [0.4, 0.5) is 5.69 Å². The Hall–Kier alpha value is -1.58. The quantitative estimate of drug-likeness (QED) is 0.351. The molecule has 4 nitrogen and oxygen atoms in total. The van der Waals surface area contributed by atoms with E-state index in [9.17, 15) is 5.21 Å². The zero-order valence-corrected chi connectivity index (χ0v) is 5.11. The smallest absolute Gasteiger partial charge is 0.244 e. The summed E-state index contributed by atoms with van der Waals surface area (Å²) in [5, 5.41) is 19.0. The topological polar surface area (TPSA) is 70.2 Å². The normalized spacial score (nSPS) is 9.20. The Labute approximate surface area is 57.4 Å². The molecule has 52 valence electrons. The van der Waals surface area contributed by atoms with E-state index in [2.05, 4.69) is 0 Å². The fourth-order valence-electron chi connectivity index (χ4n) is 0.588. The number of nitrogens with one attached hydrogen (secondary N) is 1. The zero-order valence-electron chi connectivity index (χ0n) is 5.11. The van der Waals surface area contributed by atoms with Gasteiger partial charge < -0.3 is 10.3 Å². The minimum Gasteiger partial charge on any atom is -0.594 e. The molecule has 4 heteroatoms. The first kappa shape index (κ1) is 6.54. The molecule has 0 aromatic heterocycles. The molecule has 0 heterocycles. The van der Waals surface area contributed by atoms with E-state index in [0.29, 0.717) is 0 Å². The summed E-state index contributed by atoms with van der Waals surface area (Å²) >= 11 is 0. The van der Waals surface area contributed by atoms with Crippen molar-refractivity contribution in [3.8, 4) is 5.75 Å². The standard InChI is InChI=1S/C6H6N2O2/c7-8(10)5-1-3-6(9)4-2-5/h1-4,7,9H. The van der Waals surface area contributed by atoms with Gasteiger partial charge in [-0.1, -0.05) is 4.86 Å². The van der Waals surface area contributed by atoms with Crippen molar-refractivity contribution in [1.29, 1.82) is 5.53 Å². The molecule has 0 bridgehead atoms. The monoisotopic (exact) mass is 138 g/mol. The number of rotatable bonds is 1. The fraction of sp³-hybridized carbons (Fsp3) is 0. The Kier molecular flexibility index (Phi) is 1.53. The number of hydrogen-bond acceptors (Lipinski definition) is 3. The van der Waals surface area contributed by atoms with Crippen molar-refractivity contribution in [2.75, 3.05) is 0 Å². The first-order chi connectivity index (χ1) is 4.70. The van der Waals surface area contributed by atoms with E-state index < -0.39 is 0 Å². The SMILES string of the molecule is N=[N+]([O-])c1ccc(O)cc1. The molecule has 10 heavy (non-hydrogen) atoms. The Balaban J connectivity index is 3.00. The molecule has 2 N–H and O–H groups in total. The highest BCUT2D eigenvalue weighted by Gasteiger charge is 1.97. The van der Waals surface area contributed by atoms with Crippen molar-refractivity contribution in [2.24, 2.45) is 0 Å². The number of aromatic hydroxyl groups is 1. The number of benzene rings is 1. The first-order valence-electron chi connectivity index (χ1n) is 2.67. The highest BCUT2D eigenvalue weighted by atomic mass is 16.5. The molecule has 0 aliphatic rings. The highest BCUT2D eigenvalue weighted by Crippen LogP contribution is 2.14. The van der Waals surface area contributed by atoms with Crippen LogP contribution in [0.15, 0.2) is 24.3 Å². The molecule has 1 rings (SSSR count). The van der Waals surface area contributed by atoms with Gasteiger partial charge in [-0.15, -0.1) is 0 Å². The van der Waals surface area contributed by atoms with Crippen molar-refractivity contribution in [3.63, 3.8) is 0 Å². The third-order valence-electron chi connectivity index (χ3n) is 1.08. The van der Waals surface area contributed by atoms with Crippen LogP contribution in [0.1, 0.15) is 0 Å². The summed E-state index contributed by atoms with van der Waals surface area (Å²) in [5.41, 5.74) is 6.79. The van der Waals surface area contributed by atoms with Crippen LogP contribution in [0.5, 0.6) is 5.75 Å². The lowest BCUT2D eigenvalue weighted by Crippen LogP contribution is -1.84. The molecule has 0 aliphatic carbocycles. The largest absolute Gasteiger partial charge is 0.594 e. The van der Waals surface area contributed by atoms with Crippen molar-refractivity contribution in [1.82, 2.24) is 0 Å². The Morgan fingerprint density at radius 2 is 1.80 bits per heavy atom. The molecule has 1 aromatic carbocycles. The highest BCUT2D eigenvalue weighted by molar-refractivity contribution is 5.34. The number of phenols is 1. The minimum atomic E-state index is -0.0144. The van der Waals surface area contributed by atoms with E-state index in [4.69, 9.17) is 10.6 Å². The average Bonchev–Trinajstić information content (AvgIpc) is 1.88. The van der Waals surface area contributed by atoms with Gasteiger partial charge in [0, 0.05) is 12.1 Å². The molecule has 1 aromatic rings. The van der Waals surface area contributed by atoms with Gasteiger partial charge >= 0.3 is 0 Å². The van der Waals surface area contributed by atoms with Crippen molar-refractivity contribution >= 4 is 5.69 Å². The van der Waals surface area contributed by atoms with Crippen LogP contribution in [-0.2, 0) is 0 Å². The van der Waals surface area contributed by atoms with Crippen molar-refractivity contribution in [2.45, 2.75) is 0 Å². The van der Waals surface area contributed by atoms with Gasteiger partial charge in [-0.25, -0.2) is 0 Å². The van der Waals surface area contributed by atoms with E-state index in [1.807, 2.05) is 0 Å². The van der Waals surface area contributed by atoms with Crippen LogP contribution in [0.2, 0.25) is 0 Å². The van der Waals surface area contributed by atoms with Crippen molar-refractivity contribution < 1.29 is 9.97 Å². The summed E-state index contributed by atoms with van der Waals surface area (Å²) in [6.45, 7) is 0. The summed E-state index contributed by atoms with van der Waals surface area (Å²) in [6.07, 6.45) is 0. The second-order valence-corrected chi connectivity index (χ2v) is 1.81. The molecule has 0 saturated heterocycles. The van der Waals surface area contributed by atoms with Crippen LogP contribution in [-0.4, -0.2) is 9.97 Å². The molecule has 0 radical (unpaired) electrons. The Bertz CT molecular complexity index is 242. The van der Waals surface area contributed by atoms with Crippen LogP contribution >= 0.6 is 0 Å². The predicted molar refractivity (Wildman–Crippen MR) is 34.1 cm³/mol. The van der Waals surface area contributed by atoms with E-state index >= 15 is 0 Å². The lowest BCUT2D eigenvalue weighted by Gasteiger charge is -1.94. The average molecular weight is 138 g/mol. The maximum atomic E-state index is 10.3. The summed E-state index contributed by atoms with van der Waals surface area (Å²) in [6, 6.07) is 5.45. The van der Waals surface area contributed by atoms with Crippen LogP contribution < -0.4 is 0 Å². The maximum Gasteiger partial charge on any atom is 0.244 e. The van der Waals surface area contributed by atoms with Crippen LogP contribution in [0, 0.1) is 10.7 Å². The molecule has 0 aliphatic heterocycles. The molecule has 0 amide bonds. The van der Waals surface area contributed by atoms with Crippen LogP contribution in [0.25, 0.3) is 0 Å². The summed E-state index contributed by atoms with van der Waals surface area (Å²) in [4.78, 5) is -0.0144. The fourth-order valence-corrected chi connectivity index (χ4v) is 0.588. The summed E-state index contributed by atoms with van der Waals surface area (Å²) in [5.74, 6) is 0.0885. The summed E-state index contributed by atoms with van der Waals surface area (Å²) in [7, 11) is 0. The number of phenolic OH excluding ortho intramolecular Hbond substituents is 1. The third kappa shape index (κ3) is 1.22. The Morgan fingerprint density at radius 3 is 2.20 bits per heavy atom. The number of nitrogens with zero attached hydrogens (tertiary/aromatic N) is 1. The van der Waals surface area contributed by atoms with Gasteiger partial charge in [0.2, 0.25) is 5.69 Å². The zero-order chi connectivity index (χ0) is 7.56. The lowest BCUT2D eigenvalue weighted by atomic mass is 10.3. The maximum absolute atomic E-state index is 10.3. The molecular weight excluding hydrogens is 132 g/mol. The van der Waals surface area contributed by atoms with Gasteiger partial charge in [-0.05, 0) is 17.7 Å². The molecule has 0 atom stereocenters. The summed E-state index contributed by atoms with van der Waals surface area (Å²) < 4.78 is 0. The second-order valence-electron chi connectivity index (χ2n) is 1.81. The Morgan fingerprint density at radius 1 is 1.30 bits per heavy atom. The van der Waals surface area contributed by atoms with Gasteiger partial charge in [0.15, 0.2) is 0 Å². The molecular formula is C6H6N2O2. The van der Waals surface area contributed by atoms with Crippen LogP contribution in [0.3, 0.4) is 0 Å². The third-order valence-corrected chi connectivity index (χ3v) is 1.08. The minimum absolute atomic E-state index is 0.0144. The van der Waals surface area contributed by atoms with E-state index in [0.717, 1.165) is 0 Å². The van der Waals surface area contributed by atoms with Gasteiger partial charge in [-0.2, -0.15) is 0 Å².